The highest BCUT2D eigenvalue weighted by atomic mass is 32.1. The molecular formula is C11H18N2OS. The number of nitrogens with zero attached hydrogens (tertiary/aromatic N) is 1. The van der Waals surface area contributed by atoms with E-state index in [0.29, 0.717) is 6.10 Å². The topological polar surface area (TPSA) is 34.2 Å². The molecule has 0 radical (unpaired) electrons. The van der Waals surface area contributed by atoms with E-state index in [0.717, 1.165) is 12.8 Å². The summed E-state index contributed by atoms with van der Waals surface area (Å²) in [6.07, 6.45) is 6.83. The molecule has 1 fully saturated rings. The van der Waals surface area contributed by atoms with Crippen LogP contribution in [0.4, 0.5) is 0 Å². The number of thiazole rings is 1. The Bertz CT molecular complexity index is 302. The van der Waals surface area contributed by atoms with E-state index in [-0.39, 0.29) is 5.54 Å². The van der Waals surface area contributed by atoms with Crippen LogP contribution < -0.4 is 5.32 Å². The number of rotatable bonds is 3. The number of nitrogens with one attached hydrogen (secondary N) is 1. The van der Waals surface area contributed by atoms with Gasteiger partial charge in [-0.15, -0.1) is 11.3 Å². The molecule has 4 heteroatoms. The summed E-state index contributed by atoms with van der Waals surface area (Å²) in [6.45, 7) is 0. The van der Waals surface area contributed by atoms with Gasteiger partial charge in [-0.25, -0.2) is 4.98 Å². The third-order valence-electron chi connectivity index (χ3n) is 3.36. The zero-order valence-electron chi connectivity index (χ0n) is 9.32. The molecule has 1 heterocycles. The minimum absolute atomic E-state index is 0.0487. The van der Waals surface area contributed by atoms with E-state index in [1.165, 1.54) is 17.8 Å². The van der Waals surface area contributed by atoms with E-state index in [1.807, 2.05) is 18.6 Å². The molecule has 2 atom stereocenters. The molecule has 1 aromatic rings. The van der Waals surface area contributed by atoms with Crippen molar-refractivity contribution in [3.05, 3.63) is 16.6 Å². The normalized spacial score (nSPS) is 31.7. The fourth-order valence-corrected chi connectivity index (χ4v) is 3.30. The second-order valence-corrected chi connectivity index (χ2v) is 5.02. The van der Waals surface area contributed by atoms with Crippen LogP contribution in [0.2, 0.25) is 0 Å². The van der Waals surface area contributed by atoms with Crippen LogP contribution >= 0.6 is 11.3 Å². The molecule has 1 aliphatic rings. The van der Waals surface area contributed by atoms with Crippen LogP contribution in [-0.4, -0.2) is 25.2 Å². The van der Waals surface area contributed by atoms with Gasteiger partial charge in [-0.05, 0) is 32.7 Å². The molecule has 0 amide bonds. The Balaban J connectivity index is 2.21. The summed E-state index contributed by atoms with van der Waals surface area (Å²) in [5.74, 6) is 0. The predicted octanol–water partition coefficient (Wildman–Crippen LogP) is 2.15. The SMILES string of the molecule is CNC1(c2nccs2)CCCC(OC)C1. The maximum atomic E-state index is 5.48. The van der Waals surface area contributed by atoms with Crippen LogP contribution in [0.25, 0.3) is 0 Å². The van der Waals surface area contributed by atoms with E-state index in [4.69, 9.17) is 4.74 Å². The molecule has 0 aromatic carbocycles. The van der Waals surface area contributed by atoms with Crippen molar-refractivity contribution >= 4 is 11.3 Å². The summed E-state index contributed by atoms with van der Waals surface area (Å²) in [4.78, 5) is 4.45. The predicted molar refractivity (Wildman–Crippen MR) is 62.1 cm³/mol. The molecule has 15 heavy (non-hydrogen) atoms. The van der Waals surface area contributed by atoms with Gasteiger partial charge in [0.15, 0.2) is 0 Å². The van der Waals surface area contributed by atoms with Crippen molar-refractivity contribution in [2.24, 2.45) is 0 Å². The van der Waals surface area contributed by atoms with Crippen molar-refractivity contribution in [2.45, 2.75) is 37.3 Å². The molecule has 84 valence electrons. The molecule has 2 unspecified atom stereocenters. The molecular weight excluding hydrogens is 208 g/mol. The Morgan fingerprint density at radius 3 is 3.13 bits per heavy atom. The number of hydrogen-bond acceptors (Lipinski definition) is 4. The highest BCUT2D eigenvalue weighted by molar-refractivity contribution is 7.09. The van der Waals surface area contributed by atoms with Crippen molar-refractivity contribution in [3.8, 4) is 0 Å². The van der Waals surface area contributed by atoms with Crippen LogP contribution in [0.1, 0.15) is 30.7 Å². The first-order valence-electron chi connectivity index (χ1n) is 5.42. The number of hydrogen-bond donors (Lipinski definition) is 1. The minimum Gasteiger partial charge on any atom is -0.381 e. The van der Waals surface area contributed by atoms with Crippen molar-refractivity contribution in [1.82, 2.24) is 10.3 Å². The van der Waals surface area contributed by atoms with Crippen molar-refractivity contribution < 1.29 is 4.74 Å². The quantitative estimate of drug-likeness (QED) is 0.857. The Labute approximate surface area is 94.9 Å². The third kappa shape index (κ3) is 2.07. The molecule has 0 bridgehead atoms. The standard InChI is InChI=1S/C11H18N2OS/c1-12-11(10-13-6-7-15-10)5-3-4-9(8-11)14-2/h6-7,9,12H,3-5,8H2,1-2H3. The highest BCUT2D eigenvalue weighted by Gasteiger charge is 2.38. The Morgan fingerprint density at radius 1 is 1.67 bits per heavy atom. The molecule has 3 nitrogen and oxygen atoms in total. The van der Waals surface area contributed by atoms with E-state index in [1.54, 1.807) is 18.4 Å². The molecule has 2 rings (SSSR count). The van der Waals surface area contributed by atoms with E-state index < -0.39 is 0 Å². The zero-order chi connectivity index (χ0) is 10.7. The van der Waals surface area contributed by atoms with Gasteiger partial charge in [-0.2, -0.15) is 0 Å². The van der Waals surface area contributed by atoms with Crippen LogP contribution in [0, 0.1) is 0 Å². The number of methoxy groups -OCH3 is 1. The molecule has 1 N–H and O–H groups in total. The van der Waals surface area contributed by atoms with Crippen LogP contribution in [0.3, 0.4) is 0 Å². The van der Waals surface area contributed by atoms with Crippen LogP contribution in [0.15, 0.2) is 11.6 Å². The minimum atomic E-state index is 0.0487. The summed E-state index contributed by atoms with van der Waals surface area (Å²) >= 11 is 1.74. The van der Waals surface area contributed by atoms with Gasteiger partial charge < -0.3 is 10.1 Å². The first-order chi connectivity index (χ1) is 7.30. The van der Waals surface area contributed by atoms with Crippen LogP contribution in [0.5, 0.6) is 0 Å². The molecule has 0 spiro atoms. The van der Waals surface area contributed by atoms with Gasteiger partial charge in [0.05, 0.1) is 11.6 Å². The van der Waals surface area contributed by atoms with Crippen molar-refractivity contribution in [3.63, 3.8) is 0 Å². The lowest BCUT2D eigenvalue weighted by atomic mass is 9.80. The van der Waals surface area contributed by atoms with E-state index in [2.05, 4.69) is 10.3 Å². The lowest BCUT2D eigenvalue weighted by Gasteiger charge is -2.38. The highest BCUT2D eigenvalue weighted by Crippen LogP contribution is 2.38. The Kier molecular flexibility index (Phi) is 3.38. The Morgan fingerprint density at radius 2 is 2.53 bits per heavy atom. The molecule has 0 aliphatic heterocycles. The smallest absolute Gasteiger partial charge is 0.113 e. The second kappa shape index (κ2) is 4.60. The zero-order valence-corrected chi connectivity index (χ0v) is 10.1. The maximum absolute atomic E-state index is 5.48. The van der Waals surface area contributed by atoms with Crippen LogP contribution in [-0.2, 0) is 10.3 Å². The number of ether oxygens (including phenoxy) is 1. The maximum Gasteiger partial charge on any atom is 0.113 e. The van der Waals surface area contributed by atoms with Gasteiger partial charge in [0.25, 0.3) is 0 Å². The van der Waals surface area contributed by atoms with Gasteiger partial charge >= 0.3 is 0 Å². The third-order valence-corrected chi connectivity index (χ3v) is 4.34. The van der Waals surface area contributed by atoms with E-state index >= 15 is 0 Å². The van der Waals surface area contributed by atoms with Gasteiger partial charge in [0.2, 0.25) is 0 Å². The second-order valence-electron chi connectivity index (χ2n) is 4.12. The van der Waals surface area contributed by atoms with E-state index in [9.17, 15) is 0 Å². The lowest BCUT2D eigenvalue weighted by molar-refractivity contribution is 0.0315. The van der Waals surface area contributed by atoms with Crippen molar-refractivity contribution in [2.75, 3.05) is 14.2 Å². The van der Waals surface area contributed by atoms with Crippen molar-refractivity contribution in [1.29, 1.82) is 0 Å². The van der Waals surface area contributed by atoms with Gasteiger partial charge in [0, 0.05) is 18.7 Å². The first kappa shape index (κ1) is 11.0. The van der Waals surface area contributed by atoms with Gasteiger partial charge in [0.1, 0.15) is 5.01 Å². The average Bonchev–Trinajstić information content (AvgIpc) is 2.83. The molecule has 1 aliphatic carbocycles. The summed E-state index contributed by atoms with van der Waals surface area (Å²) in [6, 6.07) is 0. The first-order valence-corrected chi connectivity index (χ1v) is 6.30. The largest absolute Gasteiger partial charge is 0.381 e. The summed E-state index contributed by atoms with van der Waals surface area (Å²) < 4.78 is 5.48. The fraction of sp³-hybridized carbons (Fsp3) is 0.727. The summed E-state index contributed by atoms with van der Waals surface area (Å²) in [5.41, 5.74) is 0.0487. The van der Waals surface area contributed by atoms with Gasteiger partial charge in [-0.1, -0.05) is 0 Å². The molecule has 0 saturated heterocycles. The molecule has 1 saturated carbocycles. The lowest BCUT2D eigenvalue weighted by Crippen LogP contribution is -2.45. The molecule has 1 aromatic heterocycles. The summed E-state index contributed by atoms with van der Waals surface area (Å²) in [5, 5.41) is 6.70. The Hall–Kier alpha value is -0.450. The average molecular weight is 226 g/mol. The monoisotopic (exact) mass is 226 g/mol. The number of aromatic nitrogens is 1. The fourth-order valence-electron chi connectivity index (χ4n) is 2.41. The summed E-state index contributed by atoms with van der Waals surface area (Å²) in [7, 11) is 3.83. The van der Waals surface area contributed by atoms with Gasteiger partial charge in [-0.3, -0.25) is 0 Å².